The van der Waals surface area contributed by atoms with Crippen molar-refractivity contribution in [3.05, 3.63) is 24.5 Å². The highest BCUT2D eigenvalue weighted by atomic mass is 15.6. The first kappa shape index (κ1) is 10.9. The molecule has 3 nitrogen and oxygen atoms in total. The van der Waals surface area contributed by atoms with Crippen LogP contribution in [0.5, 0.6) is 0 Å². The molecule has 0 spiro atoms. The first-order valence-electron chi connectivity index (χ1n) is 6.84. The fourth-order valence-corrected chi connectivity index (χ4v) is 3.03. The van der Waals surface area contributed by atoms with E-state index in [9.17, 15) is 0 Å². The van der Waals surface area contributed by atoms with Gasteiger partial charge in [-0.05, 0) is 44.7 Å². The van der Waals surface area contributed by atoms with E-state index in [2.05, 4.69) is 52.4 Å². The van der Waals surface area contributed by atoms with E-state index in [4.69, 9.17) is 0 Å². The summed E-state index contributed by atoms with van der Waals surface area (Å²) in [5.41, 5.74) is 1.30. The highest BCUT2D eigenvalue weighted by Crippen LogP contribution is 2.26. The highest BCUT2D eigenvalue weighted by Gasteiger charge is 2.23. The van der Waals surface area contributed by atoms with Crippen molar-refractivity contribution in [3.63, 3.8) is 0 Å². The average Bonchev–Trinajstić information content (AvgIpc) is 2.96. The molecule has 1 aliphatic carbocycles. The monoisotopic (exact) mass is 232 g/mol. The SMILES string of the molecule is CC(C)[n+]1cc2cccn2n1CC1CCCC1. The van der Waals surface area contributed by atoms with Gasteiger partial charge in [0.25, 0.3) is 0 Å². The molecule has 2 aromatic rings. The van der Waals surface area contributed by atoms with Crippen molar-refractivity contribution in [3.8, 4) is 0 Å². The van der Waals surface area contributed by atoms with Crippen molar-refractivity contribution >= 4 is 5.52 Å². The summed E-state index contributed by atoms with van der Waals surface area (Å²) in [4.78, 5) is 2.41. The molecule has 1 saturated carbocycles. The minimum Gasteiger partial charge on any atom is -0.161 e. The van der Waals surface area contributed by atoms with Crippen molar-refractivity contribution in [1.29, 1.82) is 0 Å². The maximum Gasteiger partial charge on any atom is 0.194 e. The molecule has 2 heterocycles. The van der Waals surface area contributed by atoms with Gasteiger partial charge in [0.1, 0.15) is 12.2 Å². The summed E-state index contributed by atoms with van der Waals surface area (Å²) in [5, 5.41) is 0. The van der Waals surface area contributed by atoms with E-state index < -0.39 is 0 Å². The summed E-state index contributed by atoms with van der Waals surface area (Å²) in [6.07, 6.45) is 10.1. The molecule has 1 aliphatic rings. The predicted molar refractivity (Wildman–Crippen MR) is 67.9 cm³/mol. The molecule has 3 rings (SSSR count). The Kier molecular flexibility index (Phi) is 2.69. The number of fused-ring (bicyclic) bond motifs is 1. The minimum atomic E-state index is 0.524. The van der Waals surface area contributed by atoms with Crippen LogP contribution in [0.4, 0.5) is 0 Å². The first-order valence-corrected chi connectivity index (χ1v) is 6.84. The van der Waals surface area contributed by atoms with Crippen LogP contribution < -0.4 is 4.68 Å². The maximum atomic E-state index is 2.41. The molecule has 2 aromatic heterocycles. The van der Waals surface area contributed by atoms with Gasteiger partial charge in [0, 0.05) is 0 Å². The molecule has 0 amide bonds. The molecular formula is C14H22N3+. The number of rotatable bonds is 3. The Morgan fingerprint density at radius 3 is 2.82 bits per heavy atom. The lowest BCUT2D eigenvalue weighted by Crippen LogP contribution is -2.47. The van der Waals surface area contributed by atoms with Gasteiger partial charge < -0.3 is 0 Å². The van der Waals surface area contributed by atoms with Crippen LogP contribution >= 0.6 is 0 Å². The maximum absolute atomic E-state index is 2.41. The van der Waals surface area contributed by atoms with Gasteiger partial charge in [0.05, 0.1) is 6.54 Å². The third-order valence-electron chi connectivity index (χ3n) is 3.96. The molecule has 0 aromatic carbocycles. The molecule has 3 heteroatoms. The van der Waals surface area contributed by atoms with Crippen LogP contribution in [0.2, 0.25) is 0 Å². The first-order chi connectivity index (χ1) is 8.25. The summed E-state index contributed by atoms with van der Waals surface area (Å²) in [6, 6.07) is 4.84. The zero-order valence-corrected chi connectivity index (χ0v) is 10.8. The molecular weight excluding hydrogens is 210 g/mol. The smallest absolute Gasteiger partial charge is 0.161 e. The van der Waals surface area contributed by atoms with Crippen LogP contribution in [-0.2, 0) is 6.54 Å². The number of hydrogen-bond acceptors (Lipinski definition) is 0. The molecule has 0 bridgehead atoms. The zero-order chi connectivity index (χ0) is 11.8. The lowest BCUT2D eigenvalue weighted by Gasteiger charge is -2.12. The Hall–Kier alpha value is -1.25. The van der Waals surface area contributed by atoms with Gasteiger partial charge in [-0.1, -0.05) is 17.6 Å². The highest BCUT2D eigenvalue weighted by molar-refractivity contribution is 5.42. The Morgan fingerprint density at radius 2 is 2.12 bits per heavy atom. The van der Waals surface area contributed by atoms with E-state index in [1.54, 1.807) is 0 Å². The van der Waals surface area contributed by atoms with Crippen molar-refractivity contribution in [2.45, 2.75) is 52.1 Å². The van der Waals surface area contributed by atoms with E-state index in [1.165, 1.54) is 31.2 Å². The lowest BCUT2D eigenvalue weighted by molar-refractivity contribution is -0.797. The molecule has 1 fully saturated rings. The molecule has 0 aliphatic heterocycles. The summed E-state index contributed by atoms with van der Waals surface area (Å²) in [6.45, 7) is 5.67. The van der Waals surface area contributed by atoms with Crippen LogP contribution in [-0.4, -0.2) is 9.31 Å². The molecule has 17 heavy (non-hydrogen) atoms. The second-order valence-electron chi connectivity index (χ2n) is 5.59. The van der Waals surface area contributed by atoms with Gasteiger partial charge >= 0.3 is 0 Å². The van der Waals surface area contributed by atoms with Crippen molar-refractivity contribution < 1.29 is 4.68 Å². The zero-order valence-electron chi connectivity index (χ0n) is 10.8. The largest absolute Gasteiger partial charge is 0.194 e. The topological polar surface area (TPSA) is 13.2 Å². The molecule has 92 valence electrons. The third-order valence-corrected chi connectivity index (χ3v) is 3.96. The Bertz CT molecular complexity index is 500. The Morgan fingerprint density at radius 1 is 1.35 bits per heavy atom. The lowest BCUT2D eigenvalue weighted by atomic mass is 10.1. The van der Waals surface area contributed by atoms with Crippen molar-refractivity contribution in [1.82, 2.24) is 9.31 Å². The van der Waals surface area contributed by atoms with Gasteiger partial charge in [0.15, 0.2) is 11.7 Å². The van der Waals surface area contributed by atoms with E-state index in [-0.39, 0.29) is 0 Å². The predicted octanol–water partition coefficient (Wildman–Crippen LogP) is 2.80. The van der Waals surface area contributed by atoms with Gasteiger partial charge in [-0.2, -0.15) is 4.68 Å². The number of nitrogens with zero attached hydrogens (tertiary/aromatic N) is 3. The van der Waals surface area contributed by atoms with Crippen LogP contribution in [0.25, 0.3) is 5.52 Å². The van der Waals surface area contributed by atoms with Crippen LogP contribution in [0.3, 0.4) is 0 Å². The van der Waals surface area contributed by atoms with Gasteiger partial charge in [-0.25, -0.2) is 0 Å². The number of aromatic nitrogens is 3. The average molecular weight is 232 g/mol. The summed E-state index contributed by atoms with van der Waals surface area (Å²) < 4.78 is 4.66. The van der Waals surface area contributed by atoms with E-state index in [0.29, 0.717) is 6.04 Å². The van der Waals surface area contributed by atoms with Crippen molar-refractivity contribution in [2.75, 3.05) is 0 Å². The molecule has 0 saturated heterocycles. The number of hydrogen-bond donors (Lipinski definition) is 0. The fourth-order valence-electron chi connectivity index (χ4n) is 3.03. The van der Waals surface area contributed by atoms with Gasteiger partial charge in [-0.3, -0.25) is 0 Å². The quantitative estimate of drug-likeness (QED) is 0.722. The molecule has 0 unspecified atom stereocenters. The molecule has 0 N–H and O–H groups in total. The Balaban J connectivity index is 1.98. The van der Waals surface area contributed by atoms with Gasteiger partial charge in [0.2, 0.25) is 0 Å². The van der Waals surface area contributed by atoms with Crippen LogP contribution in [0, 0.1) is 5.92 Å². The normalized spacial score (nSPS) is 17.6. The molecule has 0 atom stereocenters. The molecule has 0 radical (unpaired) electrons. The Labute approximate surface area is 103 Å². The van der Waals surface area contributed by atoms with E-state index in [1.807, 2.05) is 0 Å². The fraction of sp³-hybridized carbons (Fsp3) is 0.643. The minimum absolute atomic E-state index is 0.524. The second kappa shape index (κ2) is 4.21. The van der Waals surface area contributed by atoms with Crippen LogP contribution in [0.15, 0.2) is 24.5 Å². The summed E-state index contributed by atoms with van der Waals surface area (Å²) in [5.74, 6) is 0.873. The van der Waals surface area contributed by atoms with Crippen LogP contribution in [0.1, 0.15) is 45.6 Å². The van der Waals surface area contributed by atoms with Crippen molar-refractivity contribution in [2.24, 2.45) is 5.92 Å². The van der Waals surface area contributed by atoms with E-state index >= 15 is 0 Å². The summed E-state index contributed by atoms with van der Waals surface area (Å²) >= 11 is 0. The second-order valence-corrected chi connectivity index (χ2v) is 5.59. The van der Waals surface area contributed by atoms with Gasteiger partial charge in [-0.15, -0.1) is 4.52 Å². The summed E-state index contributed by atoms with van der Waals surface area (Å²) in [7, 11) is 0. The van der Waals surface area contributed by atoms with E-state index in [0.717, 1.165) is 12.5 Å². The third kappa shape index (κ3) is 1.88. The standard InChI is InChI=1S/C14H22N3/c1-12(2)16-11-14-8-5-9-15(14)17(16)10-13-6-3-4-7-13/h5,8-9,11-13H,3-4,6-7,10H2,1-2H3/q+1.